The van der Waals surface area contributed by atoms with Gasteiger partial charge >= 0.3 is 0 Å². The fraction of sp³-hybridized carbons (Fsp3) is 0.750. The van der Waals surface area contributed by atoms with E-state index in [1.165, 1.54) is 0 Å². The number of rotatable bonds is 5. The number of ether oxygens (including phenoxy) is 1. The molecule has 1 aliphatic rings. The third-order valence-corrected chi connectivity index (χ3v) is 3.75. The molecule has 0 unspecified atom stereocenters. The molecule has 1 aromatic heterocycles. The molecule has 0 N–H and O–H groups in total. The molecule has 0 aromatic carbocycles. The van der Waals surface area contributed by atoms with Crippen molar-refractivity contribution < 1.29 is 4.74 Å². The van der Waals surface area contributed by atoms with Gasteiger partial charge in [0.1, 0.15) is 0 Å². The largest absolute Gasteiger partial charge is 0.377 e. The number of hydrogen-bond acceptors (Lipinski definition) is 5. The quantitative estimate of drug-likeness (QED) is 0.800. The number of thiazole rings is 1. The average Bonchev–Trinajstić information content (AvgIpc) is 2.83. The zero-order chi connectivity index (χ0) is 12.1. The van der Waals surface area contributed by atoms with E-state index in [0.29, 0.717) is 6.10 Å². The second kappa shape index (κ2) is 6.33. The lowest BCUT2D eigenvalue weighted by atomic mass is 10.3. The average molecular weight is 255 g/mol. The van der Waals surface area contributed by atoms with Crippen molar-refractivity contribution in [3.8, 4) is 0 Å². The maximum Gasteiger partial charge on any atom is 0.185 e. The van der Waals surface area contributed by atoms with E-state index in [4.69, 9.17) is 4.74 Å². The molecular formula is C12H21N3OS. The van der Waals surface area contributed by atoms with Crippen LogP contribution >= 0.6 is 11.3 Å². The van der Waals surface area contributed by atoms with Gasteiger partial charge in [0, 0.05) is 44.3 Å². The summed E-state index contributed by atoms with van der Waals surface area (Å²) in [5.74, 6) is 0. The van der Waals surface area contributed by atoms with Gasteiger partial charge in [-0.3, -0.25) is 4.90 Å². The first kappa shape index (κ1) is 12.8. The number of piperazine rings is 1. The van der Waals surface area contributed by atoms with Crippen LogP contribution in [0.3, 0.4) is 0 Å². The Morgan fingerprint density at radius 3 is 2.71 bits per heavy atom. The van der Waals surface area contributed by atoms with Crippen molar-refractivity contribution in [2.45, 2.75) is 20.0 Å². The highest BCUT2D eigenvalue weighted by Crippen LogP contribution is 2.18. The molecule has 1 saturated heterocycles. The van der Waals surface area contributed by atoms with Gasteiger partial charge in [-0.2, -0.15) is 0 Å². The molecule has 0 aliphatic carbocycles. The molecule has 1 fully saturated rings. The van der Waals surface area contributed by atoms with Crippen LogP contribution in [-0.4, -0.2) is 55.3 Å². The van der Waals surface area contributed by atoms with Crippen molar-refractivity contribution in [1.82, 2.24) is 9.88 Å². The van der Waals surface area contributed by atoms with Crippen molar-refractivity contribution in [3.63, 3.8) is 0 Å². The van der Waals surface area contributed by atoms with Crippen molar-refractivity contribution >= 4 is 16.5 Å². The van der Waals surface area contributed by atoms with Gasteiger partial charge < -0.3 is 9.64 Å². The molecule has 0 amide bonds. The molecule has 0 radical (unpaired) electrons. The Morgan fingerprint density at radius 2 is 2.12 bits per heavy atom. The highest BCUT2D eigenvalue weighted by molar-refractivity contribution is 7.13. The van der Waals surface area contributed by atoms with Crippen LogP contribution in [0.25, 0.3) is 0 Å². The zero-order valence-electron chi connectivity index (χ0n) is 10.6. The van der Waals surface area contributed by atoms with E-state index in [1.807, 2.05) is 11.6 Å². The Bertz CT molecular complexity index is 308. The van der Waals surface area contributed by atoms with Gasteiger partial charge in [0.2, 0.25) is 0 Å². The second-order valence-corrected chi connectivity index (χ2v) is 5.44. The zero-order valence-corrected chi connectivity index (χ0v) is 11.4. The van der Waals surface area contributed by atoms with Gasteiger partial charge in [-0.15, -0.1) is 11.3 Å². The summed E-state index contributed by atoms with van der Waals surface area (Å²) in [6, 6.07) is 0. The van der Waals surface area contributed by atoms with Crippen LogP contribution in [0.2, 0.25) is 0 Å². The smallest absolute Gasteiger partial charge is 0.185 e. The SMILES string of the molecule is CC(C)OCCN1CCN(c2nccs2)CC1. The monoisotopic (exact) mass is 255 g/mol. The summed E-state index contributed by atoms with van der Waals surface area (Å²) in [7, 11) is 0. The third-order valence-electron chi connectivity index (χ3n) is 2.92. The molecular weight excluding hydrogens is 234 g/mol. The fourth-order valence-electron chi connectivity index (χ4n) is 1.95. The van der Waals surface area contributed by atoms with E-state index in [1.54, 1.807) is 11.3 Å². The maximum absolute atomic E-state index is 5.58. The molecule has 2 heterocycles. The van der Waals surface area contributed by atoms with Crippen molar-refractivity contribution in [2.75, 3.05) is 44.2 Å². The van der Waals surface area contributed by atoms with E-state index in [0.717, 1.165) is 44.5 Å². The first-order valence-corrected chi connectivity index (χ1v) is 7.12. The first-order valence-electron chi connectivity index (χ1n) is 6.24. The number of nitrogens with zero attached hydrogens (tertiary/aromatic N) is 3. The van der Waals surface area contributed by atoms with Crippen LogP contribution in [0, 0.1) is 0 Å². The topological polar surface area (TPSA) is 28.6 Å². The number of anilines is 1. The van der Waals surface area contributed by atoms with E-state index in [-0.39, 0.29) is 0 Å². The third kappa shape index (κ3) is 3.94. The van der Waals surface area contributed by atoms with Gasteiger partial charge in [0.15, 0.2) is 5.13 Å². The van der Waals surface area contributed by atoms with Gasteiger partial charge in [-0.25, -0.2) is 4.98 Å². The summed E-state index contributed by atoms with van der Waals surface area (Å²) in [6.45, 7) is 10.4. The van der Waals surface area contributed by atoms with Crippen LogP contribution in [0.1, 0.15) is 13.8 Å². The molecule has 0 atom stereocenters. The van der Waals surface area contributed by atoms with Crippen molar-refractivity contribution in [3.05, 3.63) is 11.6 Å². The lowest BCUT2D eigenvalue weighted by Crippen LogP contribution is -2.47. The Kier molecular flexibility index (Phi) is 4.76. The molecule has 96 valence electrons. The Morgan fingerprint density at radius 1 is 1.35 bits per heavy atom. The minimum atomic E-state index is 0.339. The van der Waals surface area contributed by atoms with Crippen molar-refractivity contribution in [2.24, 2.45) is 0 Å². The summed E-state index contributed by atoms with van der Waals surface area (Å²) in [4.78, 5) is 9.18. The summed E-state index contributed by atoms with van der Waals surface area (Å²) < 4.78 is 5.58. The van der Waals surface area contributed by atoms with Gasteiger partial charge in [0.05, 0.1) is 12.7 Å². The highest BCUT2D eigenvalue weighted by Gasteiger charge is 2.18. The van der Waals surface area contributed by atoms with Crippen LogP contribution in [0.15, 0.2) is 11.6 Å². The molecule has 0 bridgehead atoms. The van der Waals surface area contributed by atoms with Gasteiger partial charge in [0.25, 0.3) is 0 Å². The first-order chi connectivity index (χ1) is 8.25. The Hall–Kier alpha value is -0.650. The normalized spacial score (nSPS) is 17.9. The van der Waals surface area contributed by atoms with E-state index in [2.05, 4.69) is 28.6 Å². The van der Waals surface area contributed by atoms with E-state index in [9.17, 15) is 0 Å². The molecule has 5 heteroatoms. The summed E-state index contributed by atoms with van der Waals surface area (Å²) in [5.41, 5.74) is 0. The van der Waals surface area contributed by atoms with E-state index < -0.39 is 0 Å². The highest BCUT2D eigenvalue weighted by atomic mass is 32.1. The van der Waals surface area contributed by atoms with Crippen LogP contribution in [0.5, 0.6) is 0 Å². The molecule has 2 rings (SSSR count). The molecule has 17 heavy (non-hydrogen) atoms. The van der Waals surface area contributed by atoms with Crippen molar-refractivity contribution in [1.29, 1.82) is 0 Å². The summed E-state index contributed by atoms with van der Waals surface area (Å²) in [5, 5.41) is 3.20. The lowest BCUT2D eigenvalue weighted by Gasteiger charge is -2.34. The number of aromatic nitrogens is 1. The summed E-state index contributed by atoms with van der Waals surface area (Å²) in [6.07, 6.45) is 2.22. The number of hydrogen-bond donors (Lipinski definition) is 0. The molecule has 1 aromatic rings. The molecule has 0 spiro atoms. The Balaban J connectivity index is 1.68. The van der Waals surface area contributed by atoms with Crippen LogP contribution < -0.4 is 4.90 Å². The maximum atomic E-state index is 5.58. The molecule has 0 saturated carbocycles. The Labute approximate surface area is 107 Å². The van der Waals surface area contributed by atoms with Gasteiger partial charge in [-0.1, -0.05) is 0 Å². The molecule has 1 aliphatic heterocycles. The second-order valence-electron chi connectivity index (χ2n) is 4.56. The lowest BCUT2D eigenvalue weighted by molar-refractivity contribution is 0.0579. The minimum absolute atomic E-state index is 0.339. The van der Waals surface area contributed by atoms with Crippen LogP contribution in [0.4, 0.5) is 5.13 Å². The van der Waals surface area contributed by atoms with Crippen LogP contribution in [-0.2, 0) is 4.74 Å². The standard InChI is InChI=1S/C12H21N3OS/c1-11(2)16-9-8-14-4-6-15(7-5-14)12-13-3-10-17-12/h3,10-11H,4-9H2,1-2H3. The fourth-order valence-corrected chi connectivity index (χ4v) is 2.65. The summed E-state index contributed by atoms with van der Waals surface area (Å²) >= 11 is 1.72. The van der Waals surface area contributed by atoms with Gasteiger partial charge in [-0.05, 0) is 13.8 Å². The predicted molar refractivity (Wildman–Crippen MR) is 71.9 cm³/mol. The predicted octanol–water partition coefficient (Wildman–Crippen LogP) is 1.69. The minimum Gasteiger partial charge on any atom is -0.377 e. The van der Waals surface area contributed by atoms with E-state index >= 15 is 0 Å². The molecule has 4 nitrogen and oxygen atoms in total.